The highest BCUT2D eigenvalue weighted by atomic mass is 16.4. The van der Waals surface area contributed by atoms with Crippen molar-refractivity contribution < 1.29 is 44.7 Å². The molecule has 0 aromatic heterocycles. The van der Waals surface area contributed by atoms with Gasteiger partial charge in [-0.05, 0) is 37.6 Å². The van der Waals surface area contributed by atoms with Gasteiger partial charge in [-0.1, -0.05) is 49.4 Å². The van der Waals surface area contributed by atoms with Crippen LogP contribution in [0.25, 0.3) is 5.76 Å². The van der Waals surface area contributed by atoms with Crippen molar-refractivity contribution >= 4 is 29.0 Å². The minimum atomic E-state index is -2.97. The van der Waals surface area contributed by atoms with E-state index in [-0.39, 0.29) is 29.9 Å². The van der Waals surface area contributed by atoms with E-state index in [1.807, 2.05) is 0 Å². The number of phenols is 1. The number of likely N-dealkylation sites (N-methyl/N-ethyl adjacent to an activating group) is 1. The van der Waals surface area contributed by atoms with Gasteiger partial charge in [0, 0.05) is 23.5 Å². The van der Waals surface area contributed by atoms with Crippen molar-refractivity contribution in [3.8, 4) is 5.75 Å². The normalized spacial score (nSPS) is 28.9. The number of amides is 1. The third-order valence-electron chi connectivity index (χ3n) is 8.93. The maximum atomic E-state index is 14.1. The second-order valence-electron chi connectivity index (χ2n) is 11.4. The Morgan fingerprint density at radius 1 is 1.02 bits per heavy atom. The van der Waals surface area contributed by atoms with Gasteiger partial charge in [0.1, 0.15) is 22.8 Å². The average Bonchev–Trinajstić information content (AvgIpc) is 2.94. The first-order valence-electron chi connectivity index (χ1n) is 13.5. The van der Waals surface area contributed by atoms with Crippen LogP contribution in [0.5, 0.6) is 5.75 Å². The number of carbonyl (C=O) groups excluding carboxylic acids is 4. The van der Waals surface area contributed by atoms with Gasteiger partial charge in [0.25, 0.3) is 5.91 Å². The van der Waals surface area contributed by atoms with Crippen LogP contribution in [0.2, 0.25) is 0 Å². The van der Waals surface area contributed by atoms with Gasteiger partial charge >= 0.3 is 0 Å². The number of hydrogen-bond acceptors (Lipinski definition) is 10. The highest BCUT2D eigenvalue weighted by Crippen LogP contribution is 2.56. The Labute approximate surface area is 241 Å². The lowest BCUT2D eigenvalue weighted by molar-refractivity contribution is -0.169. The molecule has 42 heavy (non-hydrogen) atoms. The van der Waals surface area contributed by atoms with Crippen LogP contribution in [0.1, 0.15) is 46.3 Å². The fraction of sp³-hybridized carbons (Fsp3) is 0.355. The topological polar surface area (TPSA) is 199 Å². The number of hydrogen-bond donors (Lipinski definition) is 6. The summed E-state index contributed by atoms with van der Waals surface area (Å²) in [7, 11) is 2.90. The van der Waals surface area contributed by atoms with E-state index in [1.165, 1.54) is 19.0 Å². The third-order valence-corrected chi connectivity index (χ3v) is 8.93. The molecule has 3 aliphatic rings. The number of benzene rings is 2. The number of carbonyl (C=O) groups is 4. The molecule has 1 fully saturated rings. The fourth-order valence-electron chi connectivity index (χ4n) is 6.88. The third kappa shape index (κ3) is 3.99. The summed E-state index contributed by atoms with van der Waals surface area (Å²) < 4.78 is 0. The summed E-state index contributed by atoms with van der Waals surface area (Å²) in [4.78, 5) is 53.4. The summed E-state index contributed by atoms with van der Waals surface area (Å²) in [6.45, 7) is 1.66. The number of nitrogens with two attached hydrogens (primary N) is 1. The molecule has 1 amide bonds. The number of phenolic OH excluding ortho intramolecular Hbond substituents is 1. The predicted octanol–water partition coefficient (Wildman–Crippen LogP) is 1.31. The van der Waals surface area contributed by atoms with Gasteiger partial charge in [0.2, 0.25) is 5.78 Å². The van der Waals surface area contributed by atoms with Crippen LogP contribution >= 0.6 is 0 Å². The molecule has 2 aromatic carbocycles. The zero-order valence-electron chi connectivity index (χ0n) is 23.2. The predicted molar refractivity (Wildman–Crippen MR) is 149 cm³/mol. The Hall–Kier alpha value is -4.32. The van der Waals surface area contributed by atoms with Crippen LogP contribution in [-0.4, -0.2) is 85.5 Å². The van der Waals surface area contributed by atoms with Crippen molar-refractivity contribution in [2.24, 2.45) is 17.6 Å². The van der Waals surface area contributed by atoms with E-state index in [2.05, 4.69) is 0 Å². The first kappa shape index (κ1) is 29.2. The van der Waals surface area contributed by atoms with E-state index < -0.39 is 75.6 Å². The second-order valence-corrected chi connectivity index (χ2v) is 11.4. The molecule has 7 N–H and O–H groups in total. The van der Waals surface area contributed by atoms with Crippen LogP contribution in [0.15, 0.2) is 59.4 Å². The minimum absolute atomic E-state index is 0.0550. The van der Waals surface area contributed by atoms with Crippen LogP contribution in [-0.2, 0) is 20.8 Å². The van der Waals surface area contributed by atoms with Gasteiger partial charge < -0.3 is 31.3 Å². The summed E-state index contributed by atoms with van der Waals surface area (Å²) in [5.74, 6) is -9.55. The number of aromatic hydroxyl groups is 1. The SMILES string of the molecule is CC1c2ccc(CCC(=O)c3ccccc3)c(O)c2C(O)=C2C(=O)C3(O)C(O)=C(C(N)=O)C(=O)C(N(C)C)C3C(O)C21. The Bertz CT molecular complexity index is 1590. The number of aliphatic hydroxyl groups excluding tert-OH is 3. The lowest BCUT2D eigenvalue weighted by Crippen LogP contribution is -2.70. The highest BCUT2D eigenvalue weighted by Gasteiger charge is 2.68. The Balaban J connectivity index is 1.63. The molecule has 0 spiro atoms. The Morgan fingerprint density at radius 2 is 1.67 bits per heavy atom. The molecule has 11 nitrogen and oxygen atoms in total. The van der Waals surface area contributed by atoms with Crippen molar-refractivity contribution in [2.45, 2.75) is 43.4 Å². The highest BCUT2D eigenvalue weighted by molar-refractivity contribution is 6.24. The van der Waals surface area contributed by atoms with Crippen molar-refractivity contribution in [3.63, 3.8) is 0 Å². The van der Waals surface area contributed by atoms with Gasteiger partial charge in [0.15, 0.2) is 17.2 Å². The number of rotatable bonds is 6. The number of fused-ring (bicyclic) bond motifs is 3. The molecule has 3 aliphatic carbocycles. The lowest BCUT2D eigenvalue weighted by atomic mass is 9.54. The molecule has 1 saturated carbocycles. The largest absolute Gasteiger partial charge is 0.508 e. The average molecular weight is 577 g/mol. The van der Waals surface area contributed by atoms with Gasteiger partial charge in [-0.2, -0.15) is 0 Å². The molecule has 0 radical (unpaired) electrons. The zero-order chi connectivity index (χ0) is 30.8. The molecule has 5 rings (SSSR count). The standard InChI is InChI=1S/C31H32N2O9/c1-13-16-11-9-15(10-12-17(34)14-7-5-4-6-8-14)24(35)19(16)25(36)20-18(13)26(37)22-23(33(2)3)27(38)21(30(32)41)29(40)31(22,42)28(20)39/h4-9,11,13,18,22-23,26,35-37,40,42H,10,12H2,1-3H3,(H2,32,41). The van der Waals surface area contributed by atoms with Gasteiger partial charge in [-0.25, -0.2) is 0 Å². The smallest absolute Gasteiger partial charge is 0.255 e. The molecule has 2 aromatic rings. The summed E-state index contributed by atoms with van der Waals surface area (Å²) >= 11 is 0. The number of aliphatic hydroxyl groups is 4. The Morgan fingerprint density at radius 3 is 2.26 bits per heavy atom. The van der Waals surface area contributed by atoms with Gasteiger partial charge in [-0.3, -0.25) is 24.1 Å². The molecular weight excluding hydrogens is 544 g/mol. The van der Waals surface area contributed by atoms with E-state index in [1.54, 1.807) is 49.4 Å². The molecule has 0 saturated heterocycles. The van der Waals surface area contributed by atoms with Crippen molar-refractivity contribution in [1.82, 2.24) is 4.90 Å². The van der Waals surface area contributed by atoms with Crippen LogP contribution in [0.3, 0.4) is 0 Å². The molecule has 0 bridgehead atoms. The zero-order valence-corrected chi connectivity index (χ0v) is 23.2. The molecular formula is C31H32N2O9. The molecule has 220 valence electrons. The molecule has 0 heterocycles. The van der Waals surface area contributed by atoms with Crippen molar-refractivity contribution in [1.29, 1.82) is 0 Å². The second kappa shape index (κ2) is 10.2. The summed E-state index contributed by atoms with van der Waals surface area (Å²) in [6.07, 6.45) is -1.49. The quantitative estimate of drug-likeness (QED) is 0.215. The van der Waals surface area contributed by atoms with E-state index >= 15 is 0 Å². The summed E-state index contributed by atoms with van der Waals surface area (Å²) in [5.41, 5.74) is 2.06. The number of ketones is 3. The van der Waals surface area contributed by atoms with Crippen LogP contribution < -0.4 is 5.73 Å². The van der Waals surface area contributed by atoms with Gasteiger partial charge in [0.05, 0.1) is 23.6 Å². The number of primary amides is 1. The van der Waals surface area contributed by atoms with E-state index in [9.17, 15) is 44.7 Å². The number of nitrogens with zero attached hydrogens (tertiary/aromatic N) is 1. The first-order chi connectivity index (χ1) is 19.7. The van der Waals surface area contributed by atoms with Crippen molar-refractivity contribution in [3.05, 3.63) is 81.6 Å². The van der Waals surface area contributed by atoms with Crippen LogP contribution in [0, 0.1) is 11.8 Å². The maximum absolute atomic E-state index is 14.1. The van der Waals surface area contributed by atoms with E-state index in [0.717, 1.165) is 0 Å². The molecule has 6 unspecified atom stereocenters. The maximum Gasteiger partial charge on any atom is 0.255 e. The summed E-state index contributed by atoms with van der Waals surface area (Å²) in [5, 5.41) is 57.1. The van der Waals surface area contributed by atoms with E-state index in [0.29, 0.717) is 16.7 Å². The monoisotopic (exact) mass is 576 g/mol. The van der Waals surface area contributed by atoms with Crippen LogP contribution in [0.4, 0.5) is 0 Å². The lowest BCUT2D eigenvalue weighted by Gasteiger charge is -2.53. The molecule has 0 aliphatic heterocycles. The van der Waals surface area contributed by atoms with Crippen molar-refractivity contribution in [2.75, 3.05) is 14.1 Å². The Kier molecular flexibility index (Phi) is 7.08. The molecule has 11 heteroatoms. The first-order valence-corrected chi connectivity index (χ1v) is 13.5. The van der Waals surface area contributed by atoms with E-state index in [4.69, 9.17) is 5.73 Å². The van der Waals surface area contributed by atoms with Gasteiger partial charge in [-0.15, -0.1) is 0 Å². The fourth-order valence-corrected chi connectivity index (χ4v) is 6.88. The minimum Gasteiger partial charge on any atom is -0.508 e. The summed E-state index contributed by atoms with van der Waals surface area (Å²) in [6, 6.07) is 10.4. The number of aryl methyl sites for hydroxylation is 1. The number of Topliss-reactive ketones (excluding diaryl/α,β-unsaturated/α-hetero) is 3. The molecule has 6 atom stereocenters.